The zero-order valence-electron chi connectivity index (χ0n) is 17.1. The molecule has 0 radical (unpaired) electrons. The molecule has 0 saturated carbocycles. The largest absolute Gasteiger partial charge is 0.317 e. The molecule has 27 heavy (non-hydrogen) atoms. The number of nitrogens with one attached hydrogen (secondary N) is 1. The second-order valence-electron chi connectivity index (χ2n) is 7.84. The summed E-state index contributed by atoms with van der Waals surface area (Å²) in [5.41, 5.74) is 11.4. The van der Waals surface area contributed by atoms with Crippen LogP contribution in [0, 0.1) is 12.8 Å². The van der Waals surface area contributed by atoms with Crippen molar-refractivity contribution in [2.45, 2.75) is 52.4 Å². The fraction of sp³-hybridized carbons (Fsp3) is 0.423. The van der Waals surface area contributed by atoms with Crippen LogP contribution in [-0.2, 0) is 0 Å². The first-order chi connectivity index (χ1) is 13.2. The normalized spacial score (nSPS) is 21.9. The SMILES string of the molecule is C=C1/C(=C\C=C=CC)C(CCC)=Cc2cc(C)ccc2C1C1CCNCC1. The molecule has 1 unspecified atom stereocenters. The summed E-state index contributed by atoms with van der Waals surface area (Å²) in [6, 6.07) is 6.98. The molecule has 1 atom stereocenters. The van der Waals surface area contributed by atoms with Gasteiger partial charge in [-0.05, 0) is 98.2 Å². The van der Waals surface area contributed by atoms with E-state index in [1.54, 1.807) is 0 Å². The van der Waals surface area contributed by atoms with E-state index < -0.39 is 0 Å². The van der Waals surface area contributed by atoms with Crippen LogP contribution in [0.4, 0.5) is 0 Å². The second kappa shape index (κ2) is 9.22. The third-order valence-electron chi connectivity index (χ3n) is 5.86. The van der Waals surface area contributed by atoms with Crippen molar-refractivity contribution in [1.29, 1.82) is 0 Å². The number of hydrogen-bond donors (Lipinski definition) is 1. The van der Waals surface area contributed by atoms with Crippen molar-refractivity contribution in [2.75, 3.05) is 13.1 Å². The van der Waals surface area contributed by atoms with Crippen LogP contribution in [0.5, 0.6) is 0 Å². The van der Waals surface area contributed by atoms with E-state index in [1.807, 2.05) is 19.1 Å². The summed E-state index contributed by atoms with van der Waals surface area (Å²) in [6.45, 7) is 13.3. The van der Waals surface area contributed by atoms with E-state index in [4.69, 9.17) is 0 Å². The molecule has 1 N–H and O–H groups in total. The minimum atomic E-state index is 0.401. The average molecular weight is 360 g/mol. The predicted octanol–water partition coefficient (Wildman–Crippen LogP) is 6.49. The van der Waals surface area contributed by atoms with Crippen molar-refractivity contribution < 1.29 is 0 Å². The number of piperidine rings is 1. The van der Waals surface area contributed by atoms with Gasteiger partial charge in [0.15, 0.2) is 0 Å². The maximum Gasteiger partial charge on any atom is 0.0125 e. The van der Waals surface area contributed by atoms with Crippen LogP contribution in [0.15, 0.2) is 65.5 Å². The number of benzene rings is 1. The predicted molar refractivity (Wildman–Crippen MR) is 118 cm³/mol. The minimum absolute atomic E-state index is 0.401. The molecule has 0 amide bonds. The van der Waals surface area contributed by atoms with E-state index in [-0.39, 0.29) is 0 Å². The Morgan fingerprint density at radius 2 is 2.04 bits per heavy atom. The minimum Gasteiger partial charge on any atom is -0.317 e. The van der Waals surface area contributed by atoms with Crippen LogP contribution in [-0.4, -0.2) is 13.1 Å². The molecule has 2 aliphatic rings. The lowest BCUT2D eigenvalue weighted by molar-refractivity contribution is 0.341. The van der Waals surface area contributed by atoms with Crippen molar-refractivity contribution in [1.82, 2.24) is 5.32 Å². The monoisotopic (exact) mass is 359 g/mol. The van der Waals surface area contributed by atoms with Gasteiger partial charge >= 0.3 is 0 Å². The van der Waals surface area contributed by atoms with Crippen molar-refractivity contribution in [3.05, 3.63) is 82.1 Å². The number of hydrogen-bond acceptors (Lipinski definition) is 1. The lowest BCUT2D eigenvalue weighted by atomic mass is 9.73. The fourth-order valence-corrected chi connectivity index (χ4v) is 4.56. The quantitative estimate of drug-likeness (QED) is 0.606. The molecule has 1 heterocycles. The van der Waals surface area contributed by atoms with E-state index in [2.05, 4.69) is 61.8 Å². The first kappa shape index (κ1) is 19.7. The Balaban J connectivity index is 2.16. The highest BCUT2D eigenvalue weighted by Gasteiger charge is 2.32. The first-order valence-corrected chi connectivity index (χ1v) is 10.4. The van der Waals surface area contributed by atoms with Crippen LogP contribution < -0.4 is 5.32 Å². The van der Waals surface area contributed by atoms with Crippen molar-refractivity contribution in [2.24, 2.45) is 5.92 Å². The van der Waals surface area contributed by atoms with E-state index in [0.29, 0.717) is 11.8 Å². The number of rotatable bonds is 4. The van der Waals surface area contributed by atoms with E-state index in [9.17, 15) is 0 Å². The summed E-state index contributed by atoms with van der Waals surface area (Å²) in [7, 11) is 0. The summed E-state index contributed by atoms with van der Waals surface area (Å²) < 4.78 is 0. The Labute approximate surface area is 165 Å². The van der Waals surface area contributed by atoms with Crippen molar-refractivity contribution >= 4 is 6.08 Å². The molecule has 142 valence electrons. The summed E-state index contributed by atoms with van der Waals surface area (Å²) in [4.78, 5) is 0. The lowest BCUT2D eigenvalue weighted by Gasteiger charge is -2.33. The Bertz CT molecular complexity index is 809. The van der Waals surface area contributed by atoms with Gasteiger partial charge in [-0.25, -0.2) is 0 Å². The molecule has 1 aliphatic carbocycles. The Hall–Kier alpha value is -2.08. The van der Waals surface area contributed by atoms with Gasteiger partial charge in [0.05, 0.1) is 0 Å². The summed E-state index contributed by atoms with van der Waals surface area (Å²) in [6.07, 6.45) is 13.3. The Morgan fingerprint density at radius 1 is 1.26 bits per heavy atom. The molecular formula is C26H33N. The van der Waals surface area contributed by atoms with Gasteiger partial charge in [0, 0.05) is 5.92 Å². The van der Waals surface area contributed by atoms with Gasteiger partial charge in [-0.2, -0.15) is 0 Å². The molecule has 0 spiro atoms. The topological polar surface area (TPSA) is 12.0 Å². The molecule has 1 fully saturated rings. The summed E-state index contributed by atoms with van der Waals surface area (Å²) in [5.74, 6) is 1.06. The van der Waals surface area contributed by atoms with Gasteiger partial charge < -0.3 is 5.32 Å². The highest BCUT2D eigenvalue weighted by Crippen LogP contribution is 2.46. The molecule has 3 rings (SSSR count). The smallest absolute Gasteiger partial charge is 0.0125 e. The third-order valence-corrected chi connectivity index (χ3v) is 5.86. The number of aryl methyl sites for hydroxylation is 1. The van der Waals surface area contributed by atoms with E-state index >= 15 is 0 Å². The van der Waals surface area contributed by atoms with Gasteiger partial charge in [-0.15, -0.1) is 5.73 Å². The maximum atomic E-state index is 4.66. The van der Waals surface area contributed by atoms with Crippen LogP contribution in [0.2, 0.25) is 0 Å². The highest BCUT2D eigenvalue weighted by atomic mass is 14.9. The molecule has 1 aromatic carbocycles. The molecule has 1 aromatic rings. The van der Waals surface area contributed by atoms with Crippen LogP contribution in [0.25, 0.3) is 6.08 Å². The van der Waals surface area contributed by atoms with Crippen LogP contribution in [0.1, 0.15) is 62.1 Å². The molecule has 0 aromatic heterocycles. The Morgan fingerprint density at radius 3 is 2.74 bits per heavy atom. The van der Waals surface area contributed by atoms with Gasteiger partial charge in [-0.3, -0.25) is 0 Å². The zero-order chi connectivity index (χ0) is 19.2. The number of fused-ring (bicyclic) bond motifs is 1. The molecule has 1 nitrogen and oxygen atoms in total. The zero-order valence-corrected chi connectivity index (χ0v) is 17.1. The molecular weight excluding hydrogens is 326 g/mol. The van der Waals surface area contributed by atoms with Crippen LogP contribution in [0.3, 0.4) is 0 Å². The van der Waals surface area contributed by atoms with Gasteiger partial charge in [-0.1, -0.05) is 49.8 Å². The van der Waals surface area contributed by atoms with Crippen molar-refractivity contribution in [3.8, 4) is 0 Å². The van der Waals surface area contributed by atoms with E-state index in [1.165, 1.54) is 46.3 Å². The fourth-order valence-electron chi connectivity index (χ4n) is 4.56. The van der Waals surface area contributed by atoms with Gasteiger partial charge in [0.25, 0.3) is 0 Å². The van der Waals surface area contributed by atoms with Crippen LogP contribution >= 0.6 is 0 Å². The highest BCUT2D eigenvalue weighted by molar-refractivity contribution is 5.71. The first-order valence-electron chi connectivity index (χ1n) is 10.4. The van der Waals surface area contributed by atoms with E-state index in [0.717, 1.165) is 25.9 Å². The lowest BCUT2D eigenvalue weighted by Crippen LogP contribution is -2.31. The van der Waals surface area contributed by atoms with Crippen molar-refractivity contribution in [3.63, 3.8) is 0 Å². The maximum absolute atomic E-state index is 4.66. The molecule has 1 heteroatoms. The molecule has 0 bridgehead atoms. The second-order valence-corrected chi connectivity index (χ2v) is 7.84. The van der Waals surface area contributed by atoms with Gasteiger partial charge in [0.2, 0.25) is 0 Å². The molecule has 1 saturated heterocycles. The molecule has 1 aliphatic heterocycles. The average Bonchev–Trinajstić information content (AvgIpc) is 2.78. The summed E-state index contributed by atoms with van der Waals surface area (Å²) >= 11 is 0. The third kappa shape index (κ3) is 4.43. The standard InChI is InChI=1S/C26H33N/c1-5-7-8-10-24-20(4)26(21-13-15-27-16-14-21)25-12-11-19(3)17-23(25)18-22(24)9-6-2/h5,8,10-12,17-18,21,26-27H,4,6,9,13-16H2,1-3H3/b24-10+. The summed E-state index contributed by atoms with van der Waals surface area (Å²) in [5, 5.41) is 3.52. The Kier molecular flexibility index (Phi) is 6.72. The van der Waals surface area contributed by atoms with Gasteiger partial charge in [0.1, 0.15) is 0 Å². The number of allylic oxidation sites excluding steroid dienone is 5.